The Labute approximate surface area is 178 Å². The largest absolute Gasteiger partial charge is 0.502 e. The maximum absolute atomic E-state index is 12.6. The number of nitro benzene ring substituents is 1. The average molecular weight is 442 g/mol. The molecule has 1 unspecified atom stereocenters. The summed E-state index contributed by atoms with van der Waals surface area (Å²) in [6.45, 7) is 0. The van der Waals surface area contributed by atoms with Crippen molar-refractivity contribution in [2.45, 2.75) is 0 Å². The molecular formula is C18H14N6O8. The molecule has 2 aromatic carbocycles. The molecule has 0 saturated carbocycles. The third-order valence-electron chi connectivity index (χ3n) is 4.17. The molecular weight excluding hydrogens is 428 g/mol. The molecule has 0 bridgehead atoms. The van der Waals surface area contributed by atoms with Gasteiger partial charge in [0, 0.05) is 11.8 Å². The highest BCUT2D eigenvalue weighted by atomic mass is 16.6. The Hall–Kier alpha value is -5.01. The predicted molar refractivity (Wildman–Crippen MR) is 106 cm³/mol. The number of nitrogens with one attached hydrogen (secondary N) is 4. The number of hydrazine groups is 1. The van der Waals surface area contributed by atoms with Crippen molar-refractivity contribution in [2.75, 3.05) is 10.2 Å². The number of phenolic OH excluding ortho intramolecular Hbond substituents is 1. The van der Waals surface area contributed by atoms with E-state index < -0.39 is 52.1 Å². The quantitative estimate of drug-likeness (QED) is 0.193. The van der Waals surface area contributed by atoms with Crippen LogP contribution in [0.3, 0.4) is 0 Å². The van der Waals surface area contributed by atoms with E-state index in [1.165, 1.54) is 12.1 Å². The number of barbiturate groups is 1. The van der Waals surface area contributed by atoms with Gasteiger partial charge >= 0.3 is 17.7 Å². The number of carbonyl (C=O) groups excluding carboxylic acids is 5. The number of nitro groups is 1. The molecule has 3 rings (SSSR count). The van der Waals surface area contributed by atoms with E-state index in [1.807, 2.05) is 16.2 Å². The Balaban J connectivity index is 1.66. The molecule has 0 aromatic heterocycles. The number of nitrogens with zero attached hydrogens (tertiary/aromatic N) is 2. The number of imide groups is 2. The maximum Gasteiger partial charge on any atom is 0.337 e. The zero-order chi connectivity index (χ0) is 23.4. The molecule has 14 nitrogen and oxygen atoms in total. The summed E-state index contributed by atoms with van der Waals surface area (Å²) in [5.41, 5.74) is 3.12. The third kappa shape index (κ3) is 4.43. The smallest absolute Gasteiger partial charge is 0.337 e. The number of urea groups is 2. The number of carbonyl (C=O) groups is 5. The van der Waals surface area contributed by atoms with Crippen LogP contribution in [0.25, 0.3) is 0 Å². The number of hydrogen-bond acceptors (Lipinski definition) is 8. The third-order valence-corrected chi connectivity index (χ3v) is 4.17. The van der Waals surface area contributed by atoms with Gasteiger partial charge in [0.15, 0.2) is 11.7 Å². The summed E-state index contributed by atoms with van der Waals surface area (Å²) in [7, 11) is 0. The van der Waals surface area contributed by atoms with Gasteiger partial charge in [0.2, 0.25) is 5.91 Å². The van der Waals surface area contributed by atoms with Crippen LogP contribution in [0.2, 0.25) is 0 Å². The van der Waals surface area contributed by atoms with Gasteiger partial charge in [0.1, 0.15) is 0 Å². The van der Waals surface area contributed by atoms with Crippen molar-refractivity contribution in [3.05, 3.63) is 58.6 Å². The lowest BCUT2D eigenvalue weighted by Gasteiger charge is -2.29. The van der Waals surface area contributed by atoms with E-state index in [0.717, 1.165) is 18.2 Å². The van der Waals surface area contributed by atoms with Crippen LogP contribution in [0, 0.1) is 16.0 Å². The summed E-state index contributed by atoms with van der Waals surface area (Å²) >= 11 is 0. The highest BCUT2D eigenvalue weighted by molar-refractivity contribution is 6.34. The van der Waals surface area contributed by atoms with E-state index in [0.29, 0.717) is 4.90 Å². The zero-order valence-electron chi connectivity index (χ0n) is 15.9. The Kier molecular flexibility index (Phi) is 5.95. The molecule has 0 spiro atoms. The van der Waals surface area contributed by atoms with Crippen LogP contribution in [0.5, 0.6) is 5.75 Å². The number of hydrogen-bond donors (Lipinski definition) is 5. The van der Waals surface area contributed by atoms with Crippen molar-refractivity contribution >= 4 is 46.8 Å². The Bertz CT molecular complexity index is 1140. The van der Waals surface area contributed by atoms with Crippen LogP contribution >= 0.6 is 0 Å². The van der Waals surface area contributed by atoms with Gasteiger partial charge < -0.3 is 10.4 Å². The van der Waals surface area contributed by atoms with Gasteiger partial charge in [0.25, 0.3) is 11.8 Å². The molecule has 1 heterocycles. The first-order valence-corrected chi connectivity index (χ1v) is 8.77. The first kappa shape index (κ1) is 21.7. The van der Waals surface area contributed by atoms with E-state index in [4.69, 9.17) is 0 Å². The zero-order valence-corrected chi connectivity index (χ0v) is 15.9. The minimum Gasteiger partial charge on any atom is -0.502 e. The van der Waals surface area contributed by atoms with Crippen molar-refractivity contribution < 1.29 is 34.0 Å². The van der Waals surface area contributed by atoms with Crippen molar-refractivity contribution in [2.24, 2.45) is 5.92 Å². The molecule has 7 amide bonds. The van der Waals surface area contributed by atoms with Gasteiger partial charge in [-0.25, -0.2) is 19.9 Å². The second-order valence-electron chi connectivity index (χ2n) is 6.27. The van der Waals surface area contributed by atoms with Crippen LogP contribution in [0.1, 0.15) is 0 Å². The molecule has 0 aliphatic carbocycles. The lowest BCUT2D eigenvalue weighted by atomic mass is 10.0. The van der Waals surface area contributed by atoms with Gasteiger partial charge in [-0.2, -0.15) is 0 Å². The van der Waals surface area contributed by atoms with Gasteiger partial charge in [-0.3, -0.25) is 35.2 Å². The van der Waals surface area contributed by atoms with Crippen LogP contribution in [0.15, 0.2) is 48.5 Å². The number of aromatic hydroxyl groups is 1. The number of rotatable bonds is 4. The van der Waals surface area contributed by atoms with Crippen molar-refractivity contribution in [1.82, 2.24) is 16.2 Å². The number of anilines is 2. The van der Waals surface area contributed by atoms with Crippen LogP contribution in [-0.2, 0) is 14.4 Å². The molecule has 5 N–H and O–H groups in total. The number of benzene rings is 2. The average Bonchev–Trinajstić information content (AvgIpc) is 2.74. The van der Waals surface area contributed by atoms with Crippen LogP contribution < -0.4 is 26.4 Å². The fourth-order valence-corrected chi connectivity index (χ4v) is 2.73. The lowest BCUT2D eigenvalue weighted by Crippen LogP contribution is -2.63. The second-order valence-corrected chi connectivity index (χ2v) is 6.27. The molecule has 1 saturated heterocycles. The monoisotopic (exact) mass is 442 g/mol. The van der Waals surface area contributed by atoms with Gasteiger partial charge in [-0.1, -0.05) is 18.2 Å². The number of amides is 7. The standard InChI is InChI=1S/C18H14N6O8/c25-12-7-6-9(8-11(12)24(31)32)19-17(29)22-21-15(27)13-14(26)20-18(30)23(16(13)28)10-4-2-1-3-5-10/h1-8,13,25H,(H,21,27)(H2,19,22,29)(H,20,26,30). The first-order valence-electron chi connectivity index (χ1n) is 8.77. The number of phenols is 1. The van der Waals surface area contributed by atoms with Crippen molar-refractivity contribution in [1.29, 1.82) is 0 Å². The van der Waals surface area contributed by atoms with E-state index in [-0.39, 0.29) is 11.4 Å². The summed E-state index contributed by atoms with van der Waals surface area (Å²) in [5.74, 6) is -6.12. The van der Waals surface area contributed by atoms with Crippen molar-refractivity contribution in [3.63, 3.8) is 0 Å². The van der Waals surface area contributed by atoms with Gasteiger partial charge in [0.05, 0.1) is 10.6 Å². The molecule has 14 heteroatoms. The van der Waals surface area contributed by atoms with Crippen LogP contribution in [0.4, 0.5) is 26.7 Å². The molecule has 1 atom stereocenters. The molecule has 32 heavy (non-hydrogen) atoms. The second kappa shape index (κ2) is 8.78. The maximum atomic E-state index is 12.6. The Morgan fingerprint density at radius 2 is 1.75 bits per heavy atom. The summed E-state index contributed by atoms with van der Waals surface area (Å²) in [4.78, 5) is 71.6. The Morgan fingerprint density at radius 3 is 2.41 bits per heavy atom. The van der Waals surface area contributed by atoms with E-state index in [2.05, 4.69) is 5.32 Å². The fourth-order valence-electron chi connectivity index (χ4n) is 2.73. The summed E-state index contributed by atoms with van der Waals surface area (Å²) < 4.78 is 0. The van der Waals surface area contributed by atoms with Crippen molar-refractivity contribution in [3.8, 4) is 5.75 Å². The molecule has 0 radical (unpaired) electrons. The summed E-state index contributed by atoms with van der Waals surface area (Å²) in [6, 6.07) is 8.47. The minimum absolute atomic E-state index is 0.0893. The topological polar surface area (TPSA) is 200 Å². The highest BCUT2D eigenvalue weighted by Gasteiger charge is 2.45. The normalized spacial score (nSPS) is 15.6. The molecule has 164 valence electrons. The SMILES string of the molecule is O=C(NNC(=O)C1C(=O)NC(=O)N(c2ccccc2)C1=O)Nc1ccc(O)c([N+](=O)[O-])c1. The van der Waals surface area contributed by atoms with Gasteiger partial charge in [-0.05, 0) is 24.3 Å². The van der Waals surface area contributed by atoms with Gasteiger partial charge in [-0.15, -0.1) is 0 Å². The fraction of sp³-hybridized carbons (Fsp3) is 0.0556. The van der Waals surface area contributed by atoms with E-state index in [1.54, 1.807) is 18.2 Å². The molecule has 2 aromatic rings. The van der Waals surface area contributed by atoms with E-state index >= 15 is 0 Å². The Morgan fingerprint density at radius 1 is 1.06 bits per heavy atom. The van der Waals surface area contributed by atoms with Crippen LogP contribution in [-0.4, -0.2) is 39.8 Å². The lowest BCUT2D eigenvalue weighted by molar-refractivity contribution is -0.385. The molecule has 1 aliphatic heterocycles. The van der Waals surface area contributed by atoms with E-state index in [9.17, 15) is 39.2 Å². The summed E-state index contributed by atoms with van der Waals surface area (Å²) in [5, 5.41) is 24.3. The molecule has 1 aliphatic rings. The highest BCUT2D eigenvalue weighted by Crippen LogP contribution is 2.28. The summed E-state index contributed by atoms with van der Waals surface area (Å²) in [6.07, 6.45) is 0. The first-order chi connectivity index (χ1) is 15.2. The predicted octanol–water partition coefficient (Wildman–Crippen LogP) is 0.352. The minimum atomic E-state index is -1.97. The molecule has 1 fully saturated rings. The number of para-hydroxylation sites is 1.